The summed E-state index contributed by atoms with van der Waals surface area (Å²) in [5.74, 6) is -2.13. The molecule has 0 radical (unpaired) electrons. The van der Waals surface area contributed by atoms with E-state index in [2.05, 4.69) is 0 Å². The molecule has 1 aromatic carbocycles. The number of phenols is 1. The number of carboxylic acid groups (broad SMARTS) is 1. The van der Waals surface area contributed by atoms with Crippen LogP contribution in [0.5, 0.6) is 5.75 Å². The molecule has 1 aromatic rings. The van der Waals surface area contributed by atoms with Crippen LogP contribution in [0.1, 0.15) is 24.8 Å². The van der Waals surface area contributed by atoms with Crippen LogP contribution >= 0.6 is 0 Å². The molecule has 4 heteroatoms. The average molecular weight is 208 g/mol. The van der Waals surface area contributed by atoms with Gasteiger partial charge in [-0.1, -0.05) is 12.1 Å². The van der Waals surface area contributed by atoms with Crippen molar-refractivity contribution in [2.45, 2.75) is 19.3 Å². The molecule has 0 fully saturated rings. The van der Waals surface area contributed by atoms with Gasteiger partial charge in [0.2, 0.25) is 0 Å². The molecule has 80 valence electrons. The number of phenolic OH excluding ortho intramolecular Hbond substituents is 1. The Kier molecular flexibility index (Phi) is 3.44. The molecular formula is C11H12O4. The topological polar surface area (TPSA) is 74.6 Å². The number of carboxylic acids is 1. The summed E-state index contributed by atoms with van der Waals surface area (Å²) in [6.07, 6.45) is -0.0568. The van der Waals surface area contributed by atoms with Gasteiger partial charge in [0.05, 0.1) is 5.92 Å². The van der Waals surface area contributed by atoms with Gasteiger partial charge >= 0.3 is 5.97 Å². The lowest BCUT2D eigenvalue weighted by molar-refractivity contribution is -0.140. The number of rotatable bonds is 4. The van der Waals surface area contributed by atoms with Crippen molar-refractivity contribution >= 4 is 11.8 Å². The minimum absolute atomic E-state index is 0.00213. The zero-order valence-electron chi connectivity index (χ0n) is 8.30. The van der Waals surface area contributed by atoms with Gasteiger partial charge in [-0.2, -0.15) is 0 Å². The van der Waals surface area contributed by atoms with Gasteiger partial charge in [-0.15, -0.1) is 0 Å². The Labute approximate surface area is 87.2 Å². The molecule has 0 bridgehead atoms. The van der Waals surface area contributed by atoms with Crippen LogP contribution in [0.4, 0.5) is 0 Å². The van der Waals surface area contributed by atoms with Crippen molar-refractivity contribution in [3.05, 3.63) is 29.8 Å². The van der Waals surface area contributed by atoms with Crippen LogP contribution in [0.15, 0.2) is 24.3 Å². The van der Waals surface area contributed by atoms with Gasteiger partial charge in [0.25, 0.3) is 0 Å². The normalized spacial score (nSPS) is 12.1. The number of benzene rings is 1. The third-order valence-corrected chi connectivity index (χ3v) is 2.06. The Bertz CT molecular complexity index is 384. The highest BCUT2D eigenvalue weighted by Crippen LogP contribution is 2.23. The number of aromatic hydroxyl groups is 1. The van der Waals surface area contributed by atoms with Crippen molar-refractivity contribution in [1.82, 2.24) is 0 Å². The molecule has 0 saturated carbocycles. The van der Waals surface area contributed by atoms with Crippen molar-refractivity contribution in [2.24, 2.45) is 0 Å². The molecule has 2 N–H and O–H groups in total. The first-order chi connectivity index (χ1) is 7.00. The summed E-state index contributed by atoms with van der Waals surface area (Å²) in [5, 5.41) is 18.1. The highest BCUT2D eigenvalue weighted by Gasteiger charge is 2.21. The Morgan fingerprint density at radius 1 is 1.40 bits per heavy atom. The van der Waals surface area contributed by atoms with Crippen molar-refractivity contribution < 1.29 is 19.8 Å². The molecule has 1 unspecified atom stereocenters. The van der Waals surface area contributed by atoms with Crippen LogP contribution in [0.2, 0.25) is 0 Å². The molecule has 1 atom stereocenters. The summed E-state index contributed by atoms with van der Waals surface area (Å²) in [6, 6.07) is 5.96. The van der Waals surface area contributed by atoms with E-state index in [1.165, 1.54) is 19.1 Å². The van der Waals surface area contributed by atoms with Gasteiger partial charge in [0.15, 0.2) is 0 Å². The third-order valence-electron chi connectivity index (χ3n) is 2.06. The van der Waals surface area contributed by atoms with Gasteiger partial charge in [-0.3, -0.25) is 9.59 Å². The molecule has 0 saturated heterocycles. The maximum Gasteiger partial charge on any atom is 0.311 e. The first-order valence-electron chi connectivity index (χ1n) is 4.52. The molecule has 4 nitrogen and oxygen atoms in total. The van der Waals surface area contributed by atoms with Gasteiger partial charge in [0.1, 0.15) is 11.5 Å². The fraction of sp³-hybridized carbons (Fsp3) is 0.273. The van der Waals surface area contributed by atoms with Gasteiger partial charge in [-0.05, 0) is 24.6 Å². The second kappa shape index (κ2) is 4.59. The van der Waals surface area contributed by atoms with E-state index in [9.17, 15) is 14.7 Å². The minimum atomic E-state index is -1.06. The van der Waals surface area contributed by atoms with Crippen molar-refractivity contribution in [1.29, 1.82) is 0 Å². The van der Waals surface area contributed by atoms with E-state index in [-0.39, 0.29) is 18.0 Å². The monoisotopic (exact) mass is 208 g/mol. The number of aliphatic carboxylic acids is 1. The summed E-state index contributed by atoms with van der Waals surface area (Å²) in [5.41, 5.74) is 0.442. The van der Waals surface area contributed by atoms with Gasteiger partial charge in [0, 0.05) is 6.42 Å². The summed E-state index contributed by atoms with van der Waals surface area (Å²) in [6.45, 7) is 1.35. The summed E-state index contributed by atoms with van der Waals surface area (Å²) in [7, 11) is 0. The van der Waals surface area contributed by atoms with Crippen LogP contribution in [0.3, 0.4) is 0 Å². The number of hydrogen-bond acceptors (Lipinski definition) is 3. The highest BCUT2D eigenvalue weighted by molar-refractivity contribution is 5.85. The zero-order valence-corrected chi connectivity index (χ0v) is 8.30. The van der Waals surface area contributed by atoms with E-state index in [1.54, 1.807) is 12.1 Å². The molecule has 0 aliphatic rings. The van der Waals surface area contributed by atoms with E-state index in [4.69, 9.17) is 5.11 Å². The van der Waals surface area contributed by atoms with Crippen molar-refractivity contribution in [3.63, 3.8) is 0 Å². The fourth-order valence-electron chi connectivity index (χ4n) is 1.38. The quantitative estimate of drug-likeness (QED) is 0.787. The van der Waals surface area contributed by atoms with Gasteiger partial charge < -0.3 is 10.2 Å². The van der Waals surface area contributed by atoms with Crippen LogP contribution in [-0.2, 0) is 9.59 Å². The smallest absolute Gasteiger partial charge is 0.311 e. The molecular weight excluding hydrogens is 196 g/mol. The maximum absolute atomic E-state index is 10.9. The van der Waals surface area contributed by atoms with E-state index < -0.39 is 11.9 Å². The molecule has 0 spiro atoms. The van der Waals surface area contributed by atoms with E-state index >= 15 is 0 Å². The molecule has 0 amide bonds. The van der Waals surface area contributed by atoms with Crippen LogP contribution in [0.25, 0.3) is 0 Å². The lowest BCUT2D eigenvalue weighted by Crippen LogP contribution is -2.14. The van der Waals surface area contributed by atoms with Crippen LogP contribution in [-0.4, -0.2) is 22.0 Å². The second-order valence-electron chi connectivity index (χ2n) is 3.39. The number of hydrogen-bond donors (Lipinski definition) is 2. The molecule has 1 rings (SSSR count). The Balaban J connectivity index is 2.98. The Morgan fingerprint density at radius 2 is 2.07 bits per heavy atom. The van der Waals surface area contributed by atoms with Crippen LogP contribution in [0, 0.1) is 0 Å². The molecule has 0 heterocycles. The van der Waals surface area contributed by atoms with Gasteiger partial charge in [-0.25, -0.2) is 0 Å². The third kappa shape index (κ3) is 3.09. The maximum atomic E-state index is 10.9. The number of ketones is 1. The largest absolute Gasteiger partial charge is 0.508 e. The molecule has 15 heavy (non-hydrogen) atoms. The average Bonchev–Trinajstić information content (AvgIpc) is 2.13. The lowest BCUT2D eigenvalue weighted by atomic mass is 9.94. The summed E-state index contributed by atoms with van der Waals surface area (Å²) < 4.78 is 0. The Morgan fingerprint density at radius 3 is 2.53 bits per heavy atom. The first-order valence-corrected chi connectivity index (χ1v) is 4.52. The number of carbonyl (C=O) groups excluding carboxylic acids is 1. The molecule has 0 aliphatic carbocycles. The first kappa shape index (κ1) is 11.2. The summed E-state index contributed by atoms with van der Waals surface area (Å²) >= 11 is 0. The zero-order chi connectivity index (χ0) is 11.4. The summed E-state index contributed by atoms with van der Waals surface area (Å²) in [4.78, 5) is 21.8. The predicted molar refractivity (Wildman–Crippen MR) is 53.8 cm³/mol. The second-order valence-corrected chi connectivity index (χ2v) is 3.39. The van der Waals surface area contributed by atoms with E-state index in [0.29, 0.717) is 5.56 Å². The lowest BCUT2D eigenvalue weighted by Gasteiger charge is -2.10. The number of Topliss-reactive ketones (excluding diaryl/α,β-unsaturated/α-hetero) is 1. The minimum Gasteiger partial charge on any atom is -0.508 e. The predicted octanol–water partition coefficient (Wildman–Crippen LogP) is 1.54. The van der Waals surface area contributed by atoms with Crippen LogP contribution < -0.4 is 0 Å². The molecule has 0 aromatic heterocycles. The van der Waals surface area contributed by atoms with E-state index in [1.807, 2.05) is 0 Å². The Hall–Kier alpha value is -1.84. The van der Waals surface area contributed by atoms with Crippen molar-refractivity contribution in [2.75, 3.05) is 0 Å². The van der Waals surface area contributed by atoms with E-state index in [0.717, 1.165) is 0 Å². The molecule has 0 aliphatic heterocycles. The standard InChI is InChI=1S/C11H12O4/c1-7(12)5-10(11(14)15)8-3-2-4-9(13)6-8/h2-4,6,10,13H,5H2,1H3,(H,14,15). The van der Waals surface area contributed by atoms with Crippen molar-refractivity contribution in [3.8, 4) is 5.75 Å². The SMILES string of the molecule is CC(=O)CC(C(=O)O)c1cccc(O)c1. The highest BCUT2D eigenvalue weighted by atomic mass is 16.4. The fourth-order valence-corrected chi connectivity index (χ4v) is 1.38. The number of carbonyl (C=O) groups is 2.